The van der Waals surface area contributed by atoms with Crippen LogP contribution in [0.1, 0.15) is 5.56 Å². The minimum atomic E-state index is 1.17. The van der Waals surface area contributed by atoms with Gasteiger partial charge < -0.3 is 4.57 Å². The number of aryl methyl sites for hydroxylation is 1. The zero-order valence-electron chi connectivity index (χ0n) is 20.1. The molecule has 0 unspecified atom stereocenters. The maximum Gasteiger partial charge on any atom is 0.0619 e. The van der Waals surface area contributed by atoms with Gasteiger partial charge in [-0.1, -0.05) is 121 Å². The molecule has 0 radical (unpaired) electrons. The van der Waals surface area contributed by atoms with Crippen LogP contribution in [0.15, 0.2) is 133 Å². The van der Waals surface area contributed by atoms with Crippen LogP contribution < -0.4 is 0 Å². The summed E-state index contributed by atoms with van der Waals surface area (Å²) < 4.78 is 2.45. The minimum Gasteiger partial charge on any atom is -0.309 e. The molecule has 5 aromatic rings. The van der Waals surface area contributed by atoms with Crippen molar-refractivity contribution in [1.29, 1.82) is 0 Å². The SMILES string of the molecule is Cc1ccc(-n2c(-c3ccccc3)c3c4ccccc4c(-c4ccccc4)c-3c3ccccc32)cc1. The lowest BCUT2D eigenvalue weighted by molar-refractivity contribution is 1.11. The lowest BCUT2D eigenvalue weighted by Gasteiger charge is -2.24. The van der Waals surface area contributed by atoms with Crippen LogP contribution >= 0.6 is 0 Å². The van der Waals surface area contributed by atoms with Gasteiger partial charge >= 0.3 is 0 Å². The third kappa shape index (κ3) is 3.10. The summed E-state index contributed by atoms with van der Waals surface area (Å²) in [4.78, 5) is 0. The lowest BCUT2D eigenvalue weighted by Crippen LogP contribution is -2.05. The summed E-state index contributed by atoms with van der Waals surface area (Å²) in [5, 5.41) is 3.85. The molecule has 1 aliphatic carbocycles. The number of aromatic nitrogens is 1. The Kier molecular flexibility index (Phi) is 4.75. The maximum atomic E-state index is 2.45. The van der Waals surface area contributed by atoms with Crippen molar-refractivity contribution in [1.82, 2.24) is 4.57 Å². The van der Waals surface area contributed by atoms with Gasteiger partial charge in [0.05, 0.1) is 11.2 Å². The van der Waals surface area contributed by atoms with Crippen LogP contribution in [0.5, 0.6) is 0 Å². The van der Waals surface area contributed by atoms with E-state index in [0.29, 0.717) is 0 Å². The fraction of sp³-hybridized carbons (Fsp3) is 0.0286. The Labute approximate surface area is 211 Å². The third-order valence-electron chi connectivity index (χ3n) is 7.24. The number of nitrogens with zero attached hydrogens (tertiary/aromatic N) is 1. The maximum absolute atomic E-state index is 2.45. The highest BCUT2D eigenvalue weighted by Crippen LogP contribution is 2.52. The average molecular weight is 460 g/mol. The first-order valence-corrected chi connectivity index (χ1v) is 12.5. The number of pyridine rings is 1. The molecule has 1 heterocycles. The van der Waals surface area contributed by atoms with E-state index in [2.05, 4.69) is 145 Å². The van der Waals surface area contributed by atoms with E-state index >= 15 is 0 Å². The van der Waals surface area contributed by atoms with E-state index < -0.39 is 0 Å². The molecule has 2 aliphatic rings. The number of hydrogen-bond acceptors (Lipinski definition) is 0. The van der Waals surface area contributed by atoms with Crippen LogP contribution in [0, 0.1) is 6.92 Å². The summed E-state index contributed by atoms with van der Waals surface area (Å²) >= 11 is 0. The molecule has 1 aliphatic heterocycles. The first kappa shape index (κ1) is 20.7. The summed E-state index contributed by atoms with van der Waals surface area (Å²) in [7, 11) is 0. The number of benzene rings is 5. The van der Waals surface area contributed by atoms with Gasteiger partial charge in [-0.15, -0.1) is 0 Å². The Morgan fingerprint density at radius 3 is 1.61 bits per heavy atom. The molecule has 170 valence electrons. The Balaban J connectivity index is 1.78. The Morgan fingerprint density at radius 2 is 0.944 bits per heavy atom. The molecular weight excluding hydrogens is 434 g/mol. The predicted octanol–water partition coefficient (Wildman–Crippen LogP) is 9.53. The molecule has 1 heteroatoms. The van der Waals surface area contributed by atoms with E-state index in [-0.39, 0.29) is 0 Å². The van der Waals surface area contributed by atoms with E-state index in [0.717, 1.165) is 0 Å². The first-order valence-electron chi connectivity index (χ1n) is 12.5. The van der Waals surface area contributed by atoms with Gasteiger partial charge in [0.2, 0.25) is 0 Å². The van der Waals surface area contributed by atoms with Gasteiger partial charge in [-0.05, 0) is 52.6 Å². The summed E-state index contributed by atoms with van der Waals surface area (Å²) in [5.74, 6) is 0. The van der Waals surface area contributed by atoms with E-state index in [1.165, 1.54) is 66.4 Å². The second-order valence-electron chi connectivity index (χ2n) is 9.44. The molecule has 1 nitrogen and oxygen atoms in total. The van der Waals surface area contributed by atoms with Crippen LogP contribution in [0.4, 0.5) is 0 Å². The fourth-order valence-corrected chi connectivity index (χ4v) is 5.68. The highest BCUT2D eigenvalue weighted by atomic mass is 15.0. The molecule has 0 aromatic heterocycles. The van der Waals surface area contributed by atoms with E-state index in [1.807, 2.05) is 0 Å². The van der Waals surface area contributed by atoms with Gasteiger partial charge in [0.25, 0.3) is 0 Å². The van der Waals surface area contributed by atoms with Gasteiger partial charge in [-0.3, -0.25) is 0 Å². The smallest absolute Gasteiger partial charge is 0.0619 e. The highest BCUT2D eigenvalue weighted by Gasteiger charge is 2.28. The largest absolute Gasteiger partial charge is 0.309 e. The van der Waals surface area contributed by atoms with Gasteiger partial charge in [-0.25, -0.2) is 0 Å². The summed E-state index contributed by atoms with van der Waals surface area (Å²) in [5.41, 5.74) is 11.3. The minimum absolute atomic E-state index is 1.17. The molecular formula is C35H25N. The topological polar surface area (TPSA) is 4.93 Å². The predicted molar refractivity (Wildman–Crippen MR) is 153 cm³/mol. The van der Waals surface area contributed by atoms with E-state index in [9.17, 15) is 0 Å². The zero-order valence-corrected chi connectivity index (χ0v) is 20.1. The number of fused-ring (bicyclic) bond motifs is 5. The van der Waals surface area contributed by atoms with Gasteiger partial charge in [0.15, 0.2) is 0 Å². The molecule has 0 spiro atoms. The number of hydrogen-bond donors (Lipinski definition) is 0. The molecule has 0 amide bonds. The van der Waals surface area contributed by atoms with Crippen molar-refractivity contribution in [2.24, 2.45) is 0 Å². The molecule has 0 bridgehead atoms. The second-order valence-corrected chi connectivity index (χ2v) is 9.44. The molecule has 0 fully saturated rings. The summed E-state index contributed by atoms with van der Waals surface area (Å²) in [6, 6.07) is 48.3. The van der Waals surface area contributed by atoms with Crippen LogP contribution in [-0.2, 0) is 0 Å². The highest BCUT2D eigenvalue weighted by molar-refractivity contribution is 6.24. The average Bonchev–Trinajstić information content (AvgIpc) is 3.29. The van der Waals surface area contributed by atoms with Crippen molar-refractivity contribution < 1.29 is 0 Å². The van der Waals surface area contributed by atoms with Crippen molar-refractivity contribution >= 4 is 21.7 Å². The van der Waals surface area contributed by atoms with Gasteiger partial charge in [-0.2, -0.15) is 0 Å². The van der Waals surface area contributed by atoms with Crippen molar-refractivity contribution in [2.45, 2.75) is 6.92 Å². The molecule has 0 saturated carbocycles. The van der Waals surface area contributed by atoms with Gasteiger partial charge in [0, 0.05) is 22.2 Å². The molecule has 7 rings (SSSR count). The molecule has 36 heavy (non-hydrogen) atoms. The zero-order chi connectivity index (χ0) is 24.1. The Bertz CT molecular complexity index is 1810. The Hall–Kier alpha value is -4.62. The van der Waals surface area contributed by atoms with Crippen LogP contribution in [0.2, 0.25) is 0 Å². The second kappa shape index (κ2) is 8.25. The van der Waals surface area contributed by atoms with Crippen molar-refractivity contribution in [2.75, 3.05) is 0 Å². The molecule has 5 aromatic carbocycles. The van der Waals surface area contributed by atoms with Gasteiger partial charge in [0.1, 0.15) is 0 Å². The van der Waals surface area contributed by atoms with Crippen LogP contribution in [-0.4, -0.2) is 4.57 Å². The molecule has 0 N–H and O–H groups in total. The summed E-state index contributed by atoms with van der Waals surface area (Å²) in [6.07, 6.45) is 0. The molecule has 0 saturated heterocycles. The van der Waals surface area contributed by atoms with E-state index in [4.69, 9.17) is 0 Å². The first-order chi connectivity index (χ1) is 17.8. The summed E-state index contributed by atoms with van der Waals surface area (Å²) in [6.45, 7) is 2.14. The number of para-hydroxylation sites is 1. The van der Waals surface area contributed by atoms with Crippen molar-refractivity contribution in [3.63, 3.8) is 0 Å². The fourth-order valence-electron chi connectivity index (χ4n) is 5.68. The lowest BCUT2D eigenvalue weighted by atomic mass is 9.91. The number of rotatable bonds is 3. The van der Waals surface area contributed by atoms with Crippen LogP contribution in [0.25, 0.3) is 60.9 Å². The normalized spacial score (nSPS) is 11.5. The standard InChI is InChI=1S/C35H25N/c1-24-20-22-27(23-21-24)36-31-19-11-10-18-30(31)33-32(25-12-4-2-5-13-25)28-16-8-9-17-29(28)34(33)35(36)26-14-6-3-7-15-26/h2-23H,1H3. The monoisotopic (exact) mass is 459 g/mol. The third-order valence-corrected chi connectivity index (χ3v) is 7.24. The van der Waals surface area contributed by atoms with Crippen LogP contribution in [0.3, 0.4) is 0 Å². The molecule has 0 atom stereocenters. The van der Waals surface area contributed by atoms with E-state index in [1.54, 1.807) is 0 Å². The van der Waals surface area contributed by atoms with Crippen molar-refractivity contribution in [3.8, 4) is 39.2 Å². The Morgan fingerprint density at radius 1 is 0.417 bits per heavy atom. The quantitative estimate of drug-likeness (QED) is 0.248. The van der Waals surface area contributed by atoms with Crippen molar-refractivity contribution in [3.05, 3.63) is 139 Å².